The third-order valence-electron chi connectivity index (χ3n) is 3.64. The maximum atomic E-state index is 12.5. The van der Waals surface area contributed by atoms with Crippen molar-refractivity contribution in [2.24, 2.45) is 7.05 Å². The molecule has 0 aliphatic carbocycles. The highest BCUT2D eigenvalue weighted by molar-refractivity contribution is 6.02. The summed E-state index contributed by atoms with van der Waals surface area (Å²) < 4.78 is 1.09. The van der Waals surface area contributed by atoms with E-state index >= 15 is 0 Å². The van der Waals surface area contributed by atoms with Crippen molar-refractivity contribution in [3.8, 4) is 17.1 Å². The number of carbonyl (C=O) groups excluding carboxylic acids is 1. The second-order valence-electron chi connectivity index (χ2n) is 5.34. The lowest BCUT2D eigenvalue weighted by atomic mass is 10.1. The van der Waals surface area contributed by atoms with E-state index in [9.17, 15) is 19.5 Å². The number of carboxylic acids is 1. The van der Waals surface area contributed by atoms with Gasteiger partial charge in [0.25, 0.3) is 11.5 Å². The predicted molar refractivity (Wildman–Crippen MR) is 89.6 cm³/mol. The van der Waals surface area contributed by atoms with Gasteiger partial charge in [0.1, 0.15) is 23.5 Å². The highest BCUT2D eigenvalue weighted by Crippen LogP contribution is 2.26. The molecule has 3 N–H and O–H groups in total. The highest BCUT2D eigenvalue weighted by Gasteiger charge is 2.22. The average molecular weight is 355 g/mol. The van der Waals surface area contributed by atoms with E-state index < -0.39 is 35.3 Å². The van der Waals surface area contributed by atoms with E-state index in [0.717, 1.165) is 4.57 Å². The summed E-state index contributed by atoms with van der Waals surface area (Å²) in [4.78, 5) is 47.5. The van der Waals surface area contributed by atoms with Gasteiger partial charge in [-0.25, -0.2) is 9.97 Å². The Labute approximate surface area is 145 Å². The molecule has 0 aliphatic heterocycles. The Kier molecular flexibility index (Phi) is 4.31. The molecular formula is C16H13N5O5. The van der Waals surface area contributed by atoms with E-state index in [1.165, 1.54) is 13.2 Å². The van der Waals surface area contributed by atoms with Crippen molar-refractivity contribution in [2.75, 3.05) is 6.54 Å². The number of amides is 1. The smallest absolute Gasteiger partial charge is 0.322 e. The zero-order valence-corrected chi connectivity index (χ0v) is 13.5. The summed E-state index contributed by atoms with van der Waals surface area (Å²) >= 11 is 0. The Morgan fingerprint density at radius 1 is 1.31 bits per heavy atom. The van der Waals surface area contributed by atoms with Crippen LogP contribution >= 0.6 is 0 Å². The van der Waals surface area contributed by atoms with Crippen LogP contribution in [0, 0.1) is 0 Å². The fourth-order valence-corrected chi connectivity index (χ4v) is 2.38. The number of carbonyl (C=O) groups is 2. The topological polar surface area (TPSA) is 147 Å². The van der Waals surface area contributed by atoms with Gasteiger partial charge in [-0.05, 0) is 12.1 Å². The Balaban J connectivity index is 2.16. The minimum atomic E-state index is -1.28. The number of nitrogens with zero attached hydrogens (tertiary/aromatic N) is 4. The molecular weight excluding hydrogens is 342 g/mol. The van der Waals surface area contributed by atoms with Crippen molar-refractivity contribution >= 4 is 22.9 Å². The Morgan fingerprint density at radius 2 is 2.08 bits per heavy atom. The van der Waals surface area contributed by atoms with Crippen LogP contribution in [0.5, 0.6) is 5.75 Å². The van der Waals surface area contributed by atoms with Crippen molar-refractivity contribution in [3.63, 3.8) is 0 Å². The molecule has 0 radical (unpaired) electrons. The molecule has 132 valence electrons. The summed E-state index contributed by atoms with van der Waals surface area (Å²) in [6.45, 7) is -0.685. The Morgan fingerprint density at radius 3 is 2.73 bits per heavy atom. The van der Waals surface area contributed by atoms with Crippen LogP contribution in [0.4, 0.5) is 0 Å². The lowest BCUT2D eigenvalue weighted by molar-refractivity contribution is -0.135. The Hall–Kier alpha value is -3.82. The van der Waals surface area contributed by atoms with Gasteiger partial charge in [0, 0.05) is 31.2 Å². The molecule has 3 aromatic heterocycles. The maximum Gasteiger partial charge on any atom is 0.322 e. The first kappa shape index (κ1) is 17.0. The second-order valence-corrected chi connectivity index (χ2v) is 5.34. The maximum absolute atomic E-state index is 12.5. The van der Waals surface area contributed by atoms with Crippen LogP contribution in [0.25, 0.3) is 22.4 Å². The number of fused-ring (bicyclic) bond motifs is 1. The molecule has 0 atom stereocenters. The number of carboxylic acid groups (broad SMARTS) is 1. The first-order chi connectivity index (χ1) is 12.4. The van der Waals surface area contributed by atoms with E-state index in [1.54, 1.807) is 24.5 Å². The number of nitrogens with one attached hydrogen (secondary N) is 1. The van der Waals surface area contributed by atoms with Crippen LogP contribution in [0.15, 0.2) is 35.5 Å². The summed E-state index contributed by atoms with van der Waals surface area (Å²) in [5, 5.41) is 21.1. The van der Waals surface area contributed by atoms with Gasteiger partial charge in [-0.1, -0.05) is 0 Å². The first-order valence-corrected chi connectivity index (χ1v) is 7.39. The van der Waals surface area contributed by atoms with Crippen LogP contribution in [-0.4, -0.2) is 48.2 Å². The molecule has 1 amide bonds. The molecule has 0 aliphatic rings. The van der Waals surface area contributed by atoms with E-state index in [0.29, 0.717) is 11.4 Å². The monoisotopic (exact) mass is 355 g/mol. The molecule has 3 rings (SSSR count). The third-order valence-corrected chi connectivity index (χ3v) is 3.64. The van der Waals surface area contributed by atoms with E-state index in [1.807, 2.05) is 5.32 Å². The van der Waals surface area contributed by atoms with Crippen molar-refractivity contribution in [1.29, 1.82) is 0 Å². The summed E-state index contributed by atoms with van der Waals surface area (Å²) in [5.74, 6) is -2.59. The summed E-state index contributed by atoms with van der Waals surface area (Å²) in [6, 6.07) is 3.44. The first-order valence-electron chi connectivity index (χ1n) is 7.39. The van der Waals surface area contributed by atoms with Gasteiger partial charge in [0.05, 0.1) is 5.39 Å². The summed E-state index contributed by atoms with van der Waals surface area (Å²) in [6.07, 6.45) is 4.42. The number of hydrogen-bond acceptors (Lipinski definition) is 7. The molecule has 0 saturated heterocycles. The predicted octanol–water partition coefficient (Wildman–Crippen LogP) is -0.0895. The number of pyridine rings is 2. The fourth-order valence-electron chi connectivity index (χ4n) is 2.38. The normalized spacial score (nSPS) is 10.7. The largest absolute Gasteiger partial charge is 0.506 e. The number of aryl methyl sites for hydroxylation is 1. The second kappa shape index (κ2) is 6.59. The molecule has 3 heterocycles. The van der Waals surface area contributed by atoms with Crippen LogP contribution in [0.3, 0.4) is 0 Å². The van der Waals surface area contributed by atoms with Gasteiger partial charge >= 0.3 is 5.97 Å². The molecule has 3 aromatic rings. The van der Waals surface area contributed by atoms with Gasteiger partial charge < -0.3 is 15.5 Å². The van der Waals surface area contributed by atoms with E-state index in [2.05, 4.69) is 15.0 Å². The molecule has 0 unspecified atom stereocenters. The summed E-state index contributed by atoms with van der Waals surface area (Å²) in [7, 11) is 1.39. The number of hydrogen-bond donors (Lipinski definition) is 3. The molecule has 10 heteroatoms. The number of aliphatic carboxylic acids is 1. The standard InChI is InChI=1S/C16H13N5O5/c1-21-14-9(6-18-13(20-14)8-3-2-4-17-5-8)12(24)11(16(21)26)15(25)19-7-10(22)23/h2-6,24H,7H2,1H3,(H,19,25)(H,22,23). The lowest BCUT2D eigenvalue weighted by Gasteiger charge is -2.11. The van der Waals surface area contributed by atoms with Crippen molar-refractivity contribution in [1.82, 2.24) is 24.8 Å². The van der Waals surface area contributed by atoms with Gasteiger partial charge in [-0.2, -0.15) is 0 Å². The number of rotatable bonds is 4. The molecule has 0 fully saturated rings. The number of aromatic nitrogens is 4. The van der Waals surface area contributed by atoms with Crippen LogP contribution in [-0.2, 0) is 11.8 Å². The quantitative estimate of drug-likeness (QED) is 0.588. The highest BCUT2D eigenvalue weighted by atomic mass is 16.4. The zero-order chi connectivity index (χ0) is 18.8. The SMILES string of the molecule is Cn1c(=O)c(C(=O)NCC(=O)O)c(O)c2cnc(-c3cccnc3)nc21. The van der Waals surface area contributed by atoms with Gasteiger partial charge in [0.15, 0.2) is 5.82 Å². The molecule has 26 heavy (non-hydrogen) atoms. The fraction of sp³-hybridized carbons (Fsp3) is 0.125. The van der Waals surface area contributed by atoms with Gasteiger partial charge in [-0.3, -0.25) is 23.9 Å². The van der Waals surface area contributed by atoms with Gasteiger partial charge in [-0.15, -0.1) is 0 Å². The van der Waals surface area contributed by atoms with E-state index in [-0.39, 0.29) is 11.0 Å². The molecule has 10 nitrogen and oxygen atoms in total. The lowest BCUT2D eigenvalue weighted by Crippen LogP contribution is -2.35. The average Bonchev–Trinajstić information content (AvgIpc) is 2.65. The number of aromatic hydroxyl groups is 1. The molecule has 0 aromatic carbocycles. The molecule has 0 spiro atoms. The molecule has 0 saturated carbocycles. The Bertz CT molecular complexity index is 1080. The van der Waals surface area contributed by atoms with E-state index in [4.69, 9.17) is 5.11 Å². The third kappa shape index (κ3) is 2.95. The zero-order valence-electron chi connectivity index (χ0n) is 13.5. The van der Waals surface area contributed by atoms with Crippen molar-refractivity contribution < 1.29 is 19.8 Å². The summed E-state index contributed by atoms with van der Waals surface area (Å²) in [5.41, 5.74) is -0.645. The minimum absolute atomic E-state index is 0.0835. The van der Waals surface area contributed by atoms with Crippen LogP contribution in [0.2, 0.25) is 0 Å². The molecule has 0 bridgehead atoms. The van der Waals surface area contributed by atoms with Gasteiger partial charge in [0.2, 0.25) is 0 Å². The van der Waals surface area contributed by atoms with Crippen LogP contribution in [0.1, 0.15) is 10.4 Å². The van der Waals surface area contributed by atoms with Crippen LogP contribution < -0.4 is 10.9 Å². The van der Waals surface area contributed by atoms with Crippen molar-refractivity contribution in [2.45, 2.75) is 0 Å². The van der Waals surface area contributed by atoms with Crippen molar-refractivity contribution in [3.05, 3.63) is 46.6 Å². The minimum Gasteiger partial charge on any atom is -0.506 e.